The Morgan fingerprint density at radius 3 is 1.94 bits per heavy atom. The number of hydrogen-bond acceptors (Lipinski definition) is 6. The van der Waals surface area contributed by atoms with Gasteiger partial charge in [-0.05, 0) is 84.4 Å². The third-order valence-electron chi connectivity index (χ3n) is 10.3. The third kappa shape index (κ3) is 5.56. The molecule has 0 spiro atoms. The van der Waals surface area contributed by atoms with Crippen molar-refractivity contribution in [1.29, 1.82) is 0 Å². The number of nitrogens with zero attached hydrogens (tertiary/aromatic N) is 3. The number of aromatic nitrogens is 2. The molecule has 0 fully saturated rings. The topological polar surface area (TPSA) is 107 Å². The fourth-order valence-electron chi connectivity index (χ4n) is 7.76. The number of carbonyl (C=O) groups excluding carboxylic acids is 1. The summed E-state index contributed by atoms with van der Waals surface area (Å²) in [6, 6.07) is 31.1. The van der Waals surface area contributed by atoms with Crippen LogP contribution in [0.2, 0.25) is 0 Å². The van der Waals surface area contributed by atoms with Crippen molar-refractivity contribution in [3.63, 3.8) is 0 Å². The van der Waals surface area contributed by atoms with Gasteiger partial charge in [0.15, 0.2) is 9.92 Å². The molecule has 4 aromatic carbocycles. The lowest BCUT2D eigenvalue weighted by Gasteiger charge is -2.34. The number of fused-ring (bicyclic) bond motifs is 3. The highest BCUT2D eigenvalue weighted by Crippen LogP contribution is 2.44. The standard InChI is InChI=1S/C40H41N5O4S/c1-39(48-2)26-45-37(49-27-39)35(25-41-45)50(47,43-38(46)42-36-33-22-12-14-28(33)24-29-15-13-23-34(29)36)44-40(30-16-6-3-7-17-30,31-18-8-4-9-19-31)32-20-10-5-11-21-32/h3-11,16-21,24-25H,12-15,22-23,26-27H2,1-2H3,(H2,42,43,44,46,47)/t39-,50-/m1/s1. The van der Waals surface area contributed by atoms with Crippen molar-refractivity contribution < 1.29 is 18.5 Å². The van der Waals surface area contributed by atoms with Crippen LogP contribution in [0.15, 0.2) is 113 Å². The lowest BCUT2D eigenvalue weighted by Crippen LogP contribution is -2.44. The molecule has 5 aromatic rings. The lowest BCUT2D eigenvalue weighted by molar-refractivity contribution is -0.0654. The van der Waals surface area contributed by atoms with Crippen molar-refractivity contribution in [3.05, 3.63) is 142 Å². The van der Waals surface area contributed by atoms with Gasteiger partial charge in [-0.3, -0.25) is 0 Å². The van der Waals surface area contributed by atoms with Crippen LogP contribution in [-0.2, 0) is 52.4 Å². The molecule has 0 saturated heterocycles. The fraction of sp³-hybridized carbons (Fsp3) is 0.300. The molecular formula is C40H41N5O4S. The third-order valence-corrected chi connectivity index (χ3v) is 12.2. The Bertz CT molecular complexity index is 2050. The van der Waals surface area contributed by atoms with Gasteiger partial charge in [-0.25, -0.2) is 18.4 Å². The molecular weight excluding hydrogens is 647 g/mol. The summed E-state index contributed by atoms with van der Waals surface area (Å²) in [5, 5.41) is 7.79. The van der Waals surface area contributed by atoms with Gasteiger partial charge in [0, 0.05) is 12.8 Å². The molecule has 0 saturated carbocycles. The number of benzene rings is 4. The minimum atomic E-state index is -3.85. The molecule has 10 heteroatoms. The first kappa shape index (κ1) is 32.3. The van der Waals surface area contributed by atoms with Crippen LogP contribution in [0.3, 0.4) is 0 Å². The molecule has 3 aliphatic rings. The summed E-state index contributed by atoms with van der Waals surface area (Å²) in [6.45, 7) is 2.53. The van der Waals surface area contributed by atoms with Gasteiger partial charge in [0.2, 0.25) is 5.88 Å². The maximum Gasteiger partial charge on any atom is 0.331 e. The van der Waals surface area contributed by atoms with Crippen LogP contribution >= 0.6 is 0 Å². The lowest BCUT2D eigenvalue weighted by atomic mass is 9.78. The number of urea groups is 1. The second-order valence-electron chi connectivity index (χ2n) is 13.6. The molecule has 2 amide bonds. The van der Waals surface area contributed by atoms with Gasteiger partial charge in [0.1, 0.15) is 22.6 Å². The summed E-state index contributed by atoms with van der Waals surface area (Å²) in [4.78, 5) is 14.6. The minimum absolute atomic E-state index is 0.196. The SMILES string of the molecule is CO[C@@]1(C)COc2c([S@](=O)(=NC(c3ccccc3)(c3ccccc3)c3ccccc3)NC(=O)Nc3c4c(cc5c3CCC5)CCC4)cnn2C1. The van der Waals surface area contributed by atoms with Crippen LogP contribution in [-0.4, -0.2) is 39.3 Å². The van der Waals surface area contributed by atoms with Gasteiger partial charge in [-0.1, -0.05) is 97.1 Å². The van der Waals surface area contributed by atoms with Crippen LogP contribution in [0.1, 0.15) is 58.7 Å². The zero-order valence-corrected chi connectivity index (χ0v) is 29.2. The number of amides is 2. The van der Waals surface area contributed by atoms with Crippen molar-refractivity contribution in [1.82, 2.24) is 14.5 Å². The largest absolute Gasteiger partial charge is 0.474 e. The Morgan fingerprint density at radius 1 is 0.880 bits per heavy atom. The van der Waals surface area contributed by atoms with Gasteiger partial charge in [0.05, 0.1) is 12.7 Å². The van der Waals surface area contributed by atoms with Crippen molar-refractivity contribution in [2.75, 3.05) is 19.0 Å². The summed E-state index contributed by atoms with van der Waals surface area (Å²) in [5.74, 6) is 0.290. The molecule has 2 atom stereocenters. The Kier molecular flexibility index (Phi) is 8.23. The summed E-state index contributed by atoms with van der Waals surface area (Å²) < 4.78 is 38.0. The second-order valence-corrected chi connectivity index (χ2v) is 15.5. The molecule has 2 heterocycles. The van der Waals surface area contributed by atoms with E-state index in [2.05, 4.69) is 21.2 Å². The monoisotopic (exact) mass is 687 g/mol. The molecule has 8 rings (SSSR count). The average molecular weight is 688 g/mol. The van der Waals surface area contributed by atoms with Crippen molar-refractivity contribution in [2.45, 2.75) is 68.0 Å². The van der Waals surface area contributed by atoms with E-state index in [0.29, 0.717) is 6.54 Å². The predicted molar refractivity (Wildman–Crippen MR) is 194 cm³/mol. The van der Waals surface area contributed by atoms with E-state index in [4.69, 9.17) is 13.8 Å². The molecule has 0 bridgehead atoms. The zero-order valence-electron chi connectivity index (χ0n) is 28.4. The highest BCUT2D eigenvalue weighted by Gasteiger charge is 2.42. The van der Waals surface area contributed by atoms with Gasteiger partial charge in [-0.2, -0.15) is 9.46 Å². The summed E-state index contributed by atoms with van der Waals surface area (Å²) >= 11 is 0. The van der Waals surface area contributed by atoms with E-state index in [9.17, 15) is 4.79 Å². The summed E-state index contributed by atoms with van der Waals surface area (Å²) in [7, 11) is -2.21. The number of carbonyl (C=O) groups is 1. The van der Waals surface area contributed by atoms with Gasteiger partial charge < -0.3 is 14.8 Å². The summed E-state index contributed by atoms with van der Waals surface area (Å²) in [5.41, 5.74) is 6.26. The first-order chi connectivity index (χ1) is 24.3. The van der Waals surface area contributed by atoms with Crippen LogP contribution in [0.4, 0.5) is 10.5 Å². The number of aryl methyl sites for hydroxylation is 2. The van der Waals surface area contributed by atoms with Crippen LogP contribution < -0.4 is 14.8 Å². The minimum Gasteiger partial charge on any atom is -0.474 e. The Hall–Kier alpha value is -4.93. The van der Waals surface area contributed by atoms with E-state index in [-0.39, 0.29) is 17.4 Å². The van der Waals surface area contributed by atoms with Crippen molar-refractivity contribution >= 4 is 21.6 Å². The average Bonchev–Trinajstić information content (AvgIpc) is 3.92. The first-order valence-electron chi connectivity index (χ1n) is 17.3. The first-order valence-corrected chi connectivity index (χ1v) is 18.8. The molecule has 2 aliphatic carbocycles. The smallest absolute Gasteiger partial charge is 0.331 e. The normalized spacial score (nSPS) is 19.0. The number of rotatable bonds is 8. The molecule has 1 aromatic heterocycles. The Balaban J connectivity index is 1.34. The molecule has 1 aliphatic heterocycles. The number of methoxy groups -OCH3 is 1. The molecule has 9 nitrogen and oxygen atoms in total. The second kappa shape index (κ2) is 12.8. The van der Waals surface area contributed by atoms with Crippen LogP contribution in [0.25, 0.3) is 0 Å². The van der Waals surface area contributed by atoms with Crippen molar-refractivity contribution in [2.24, 2.45) is 4.36 Å². The summed E-state index contributed by atoms with van der Waals surface area (Å²) in [6.07, 6.45) is 7.41. The van der Waals surface area contributed by atoms with E-state index < -0.39 is 27.1 Å². The van der Waals surface area contributed by atoms with E-state index in [1.807, 2.05) is 97.9 Å². The zero-order chi connectivity index (χ0) is 34.3. The molecule has 50 heavy (non-hydrogen) atoms. The van der Waals surface area contributed by atoms with Gasteiger partial charge >= 0.3 is 6.03 Å². The number of nitrogens with one attached hydrogen (secondary N) is 2. The maximum atomic E-state index is 16.1. The fourth-order valence-corrected chi connectivity index (χ4v) is 9.61. The maximum absolute atomic E-state index is 16.1. The van der Waals surface area contributed by atoms with E-state index in [1.54, 1.807) is 11.8 Å². The van der Waals surface area contributed by atoms with E-state index in [1.165, 1.54) is 28.5 Å². The number of hydrogen-bond donors (Lipinski definition) is 2. The highest BCUT2D eigenvalue weighted by molar-refractivity contribution is 7.92. The van der Waals surface area contributed by atoms with Crippen LogP contribution in [0, 0.1) is 0 Å². The Morgan fingerprint density at radius 2 is 1.42 bits per heavy atom. The van der Waals surface area contributed by atoms with Gasteiger partial charge in [0.25, 0.3) is 0 Å². The van der Waals surface area contributed by atoms with Gasteiger partial charge in [-0.15, -0.1) is 0 Å². The Labute approximate surface area is 293 Å². The van der Waals surface area contributed by atoms with Crippen molar-refractivity contribution in [3.8, 4) is 5.88 Å². The number of ether oxygens (including phenoxy) is 2. The number of anilines is 1. The highest BCUT2D eigenvalue weighted by atomic mass is 32.2. The van der Waals surface area contributed by atoms with Crippen LogP contribution in [0.5, 0.6) is 5.88 Å². The molecule has 2 N–H and O–H groups in total. The quantitative estimate of drug-likeness (QED) is 0.168. The van der Waals surface area contributed by atoms with E-state index in [0.717, 1.165) is 60.9 Å². The predicted octanol–water partition coefficient (Wildman–Crippen LogP) is 7.21. The molecule has 256 valence electrons. The molecule has 0 radical (unpaired) electrons. The van der Waals surface area contributed by atoms with E-state index >= 15 is 4.21 Å². The molecule has 0 unspecified atom stereocenters.